The van der Waals surface area contributed by atoms with E-state index in [-0.39, 0.29) is 28.3 Å². The van der Waals surface area contributed by atoms with Crippen LogP contribution in [0.4, 0.5) is 10.9 Å². The molecule has 0 aliphatic heterocycles. The lowest BCUT2D eigenvalue weighted by Crippen LogP contribution is -2.28. The average Bonchev–Trinajstić information content (AvgIpc) is 3.58. The van der Waals surface area contributed by atoms with Gasteiger partial charge in [-0.2, -0.15) is 9.78 Å². The minimum absolute atomic E-state index is 0.0805. The van der Waals surface area contributed by atoms with Gasteiger partial charge in [-0.1, -0.05) is 17.4 Å². The first-order valence-electron chi connectivity index (χ1n) is 12.1. The lowest BCUT2D eigenvalue weighted by molar-refractivity contribution is 0.0647. The number of benzene rings is 1. The number of carbonyl (C=O) groups excluding carboxylic acids is 1. The Bertz CT molecular complexity index is 1520. The Labute approximate surface area is 226 Å². The molecule has 0 bridgehead atoms. The van der Waals surface area contributed by atoms with Crippen LogP contribution < -0.4 is 30.9 Å². The van der Waals surface area contributed by atoms with Crippen LogP contribution in [0, 0.1) is 0 Å². The van der Waals surface area contributed by atoms with Crippen LogP contribution in [0.2, 0.25) is 0 Å². The average molecular weight is 555 g/mol. The summed E-state index contributed by atoms with van der Waals surface area (Å²) in [5.41, 5.74) is 5.69. The maximum absolute atomic E-state index is 13.3. The van der Waals surface area contributed by atoms with Crippen molar-refractivity contribution in [3.8, 4) is 33.5 Å². The number of nitrogens with one attached hydrogen (secondary N) is 1. The first kappa shape index (κ1) is 26.2. The molecule has 1 aliphatic rings. The van der Waals surface area contributed by atoms with Crippen LogP contribution in [0.15, 0.2) is 45.7 Å². The summed E-state index contributed by atoms with van der Waals surface area (Å²) >= 11 is 1.03. The van der Waals surface area contributed by atoms with E-state index in [1.165, 1.54) is 31.2 Å². The van der Waals surface area contributed by atoms with Crippen molar-refractivity contribution >= 4 is 28.2 Å². The molecule has 0 radical (unpaired) electrons. The van der Waals surface area contributed by atoms with E-state index in [9.17, 15) is 14.7 Å². The number of carbonyl (C=O) groups is 1. The summed E-state index contributed by atoms with van der Waals surface area (Å²) in [6.07, 6.45) is 3.03. The van der Waals surface area contributed by atoms with E-state index in [1.807, 2.05) is 0 Å². The van der Waals surface area contributed by atoms with Gasteiger partial charge in [0.05, 0.1) is 38.2 Å². The Kier molecular flexibility index (Phi) is 7.47. The topological polar surface area (TPSA) is 177 Å². The standard InChI is InChI=1S/C25H26N6O7S/c1-35-16-4-3-5-17(36-2)20(16)15-12-18(38-23(34)21(15)37-14-8-6-13(32)7-9-14)22(33)28-24-29-30-25(39-24)31-19(26)10-11-27-31/h3-5,10-14,32H,6-9,26H2,1-2H3,(H,28,29,33). The molecule has 0 unspecified atom stereocenters. The molecule has 0 spiro atoms. The highest BCUT2D eigenvalue weighted by molar-refractivity contribution is 7.17. The minimum Gasteiger partial charge on any atom is -0.496 e. The van der Waals surface area contributed by atoms with Gasteiger partial charge in [0.15, 0.2) is 5.76 Å². The van der Waals surface area contributed by atoms with Crippen molar-refractivity contribution in [2.45, 2.75) is 37.9 Å². The van der Waals surface area contributed by atoms with Crippen LogP contribution >= 0.6 is 11.3 Å². The number of hydrogen-bond donors (Lipinski definition) is 3. The zero-order chi connectivity index (χ0) is 27.5. The molecule has 4 aromatic rings. The van der Waals surface area contributed by atoms with E-state index >= 15 is 0 Å². The second-order valence-electron chi connectivity index (χ2n) is 8.74. The maximum atomic E-state index is 13.3. The van der Waals surface area contributed by atoms with Crippen LogP contribution in [0.25, 0.3) is 16.3 Å². The molecule has 13 nitrogen and oxygen atoms in total. The molecule has 1 saturated carbocycles. The first-order chi connectivity index (χ1) is 18.9. The lowest BCUT2D eigenvalue weighted by atomic mass is 9.95. The highest BCUT2D eigenvalue weighted by atomic mass is 32.1. The van der Waals surface area contributed by atoms with E-state index in [1.54, 1.807) is 24.3 Å². The molecular weight excluding hydrogens is 528 g/mol. The lowest BCUT2D eigenvalue weighted by Gasteiger charge is -2.26. The zero-order valence-corrected chi connectivity index (χ0v) is 21.9. The van der Waals surface area contributed by atoms with Crippen LogP contribution in [-0.2, 0) is 0 Å². The third-order valence-electron chi connectivity index (χ3n) is 6.25. The molecule has 4 N–H and O–H groups in total. The monoisotopic (exact) mass is 554 g/mol. The highest BCUT2D eigenvalue weighted by Gasteiger charge is 2.28. The van der Waals surface area contributed by atoms with Gasteiger partial charge in [0.2, 0.25) is 16.0 Å². The van der Waals surface area contributed by atoms with E-state index in [2.05, 4.69) is 20.6 Å². The van der Waals surface area contributed by atoms with Gasteiger partial charge in [0.25, 0.3) is 5.91 Å². The Morgan fingerprint density at radius 2 is 1.87 bits per heavy atom. The Hall–Kier alpha value is -4.43. The fraction of sp³-hybridized carbons (Fsp3) is 0.320. The van der Waals surface area contributed by atoms with E-state index in [4.69, 9.17) is 24.4 Å². The van der Waals surface area contributed by atoms with Crippen LogP contribution in [0.5, 0.6) is 17.2 Å². The van der Waals surface area contributed by atoms with Gasteiger partial charge >= 0.3 is 5.63 Å². The Morgan fingerprint density at radius 3 is 2.51 bits per heavy atom. The van der Waals surface area contributed by atoms with E-state index in [0.717, 1.165) is 11.3 Å². The number of amides is 1. The predicted octanol–water partition coefficient (Wildman–Crippen LogP) is 2.88. The molecule has 39 heavy (non-hydrogen) atoms. The fourth-order valence-corrected chi connectivity index (χ4v) is 5.04. The number of aliphatic hydroxyl groups excluding tert-OH is 1. The smallest absolute Gasteiger partial charge is 0.379 e. The predicted molar refractivity (Wildman–Crippen MR) is 142 cm³/mol. The number of methoxy groups -OCH3 is 2. The summed E-state index contributed by atoms with van der Waals surface area (Å²) in [6, 6.07) is 8.15. The third-order valence-corrected chi connectivity index (χ3v) is 7.06. The Morgan fingerprint density at radius 1 is 1.15 bits per heavy atom. The van der Waals surface area contributed by atoms with Crippen molar-refractivity contribution in [2.75, 3.05) is 25.3 Å². The van der Waals surface area contributed by atoms with Crippen molar-refractivity contribution in [3.63, 3.8) is 0 Å². The van der Waals surface area contributed by atoms with Crippen LogP contribution in [-0.4, -0.2) is 57.4 Å². The summed E-state index contributed by atoms with van der Waals surface area (Å²) in [4.78, 5) is 26.4. The SMILES string of the molecule is COc1cccc(OC)c1-c1cc(C(=O)Nc2nnc(-n3nccc3N)s2)oc(=O)c1OC1CCC(O)CC1. The molecule has 1 aromatic carbocycles. The van der Waals surface area contributed by atoms with Gasteiger partial charge in [0, 0.05) is 11.6 Å². The van der Waals surface area contributed by atoms with Crippen LogP contribution in [0.1, 0.15) is 36.2 Å². The number of ether oxygens (including phenoxy) is 3. The second-order valence-corrected chi connectivity index (χ2v) is 9.69. The highest BCUT2D eigenvalue weighted by Crippen LogP contribution is 2.42. The number of anilines is 2. The van der Waals surface area contributed by atoms with Crippen molar-refractivity contribution in [1.82, 2.24) is 20.0 Å². The quantitative estimate of drug-likeness (QED) is 0.292. The molecular formula is C25H26N6O7S. The van der Waals surface area contributed by atoms with Crippen molar-refractivity contribution in [1.29, 1.82) is 0 Å². The third kappa shape index (κ3) is 5.42. The van der Waals surface area contributed by atoms with Gasteiger partial charge in [-0.05, 0) is 43.9 Å². The van der Waals surface area contributed by atoms with Crippen molar-refractivity contribution in [2.24, 2.45) is 0 Å². The number of nitrogens with two attached hydrogens (primary N) is 1. The normalized spacial score (nSPS) is 17.0. The van der Waals surface area contributed by atoms with Gasteiger partial charge in [-0.15, -0.1) is 10.2 Å². The van der Waals surface area contributed by atoms with E-state index in [0.29, 0.717) is 53.7 Å². The molecule has 1 fully saturated rings. The van der Waals surface area contributed by atoms with E-state index < -0.39 is 17.6 Å². The first-order valence-corrected chi connectivity index (χ1v) is 12.9. The number of nitrogen functional groups attached to an aromatic ring is 1. The molecule has 1 aliphatic carbocycles. The fourth-order valence-electron chi connectivity index (χ4n) is 4.32. The van der Waals surface area contributed by atoms with Crippen LogP contribution in [0.3, 0.4) is 0 Å². The van der Waals surface area contributed by atoms with Gasteiger partial charge < -0.3 is 29.5 Å². The second kappa shape index (κ2) is 11.1. The summed E-state index contributed by atoms with van der Waals surface area (Å²) in [5, 5.41) is 25.0. The molecule has 204 valence electrons. The summed E-state index contributed by atoms with van der Waals surface area (Å²) in [6.45, 7) is 0. The van der Waals surface area contributed by atoms with Crippen molar-refractivity contribution in [3.05, 3.63) is 52.7 Å². The summed E-state index contributed by atoms with van der Waals surface area (Å²) in [7, 11) is 2.97. The van der Waals surface area contributed by atoms with Crippen molar-refractivity contribution < 1.29 is 28.5 Å². The summed E-state index contributed by atoms with van der Waals surface area (Å²) < 4.78 is 24.0. The number of nitrogens with zero attached hydrogens (tertiary/aromatic N) is 4. The van der Waals surface area contributed by atoms with Gasteiger partial charge in [-0.3, -0.25) is 10.1 Å². The minimum atomic E-state index is -0.848. The Balaban J connectivity index is 1.52. The number of aromatic nitrogens is 4. The molecule has 0 saturated heterocycles. The largest absolute Gasteiger partial charge is 0.496 e. The number of aliphatic hydroxyl groups is 1. The molecule has 1 amide bonds. The zero-order valence-electron chi connectivity index (χ0n) is 21.1. The maximum Gasteiger partial charge on any atom is 0.379 e. The van der Waals surface area contributed by atoms with Gasteiger partial charge in [-0.25, -0.2) is 4.79 Å². The molecule has 3 heterocycles. The number of hydrogen-bond acceptors (Lipinski definition) is 12. The molecule has 3 aromatic heterocycles. The molecule has 0 atom stereocenters. The van der Waals surface area contributed by atoms with Gasteiger partial charge in [0.1, 0.15) is 17.3 Å². The number of rotatable bonds is 8. The summed E-state index contributed by atoms with van der Waals surface area (Å²) in [5.74, 6) is 0.0635. The molecule has 5 rings (SSSR count). The molecule has 14 heteroatoms.